The second-order valence-electron chi connectivity index (χ2n) is 6.13. The monoisotopic (exact) mass is 265 g/mol. The normalized spacial score (nSPS) is 11.7. The van der Waals surface area contributed by atoms with Crippen LogP contribution in [-0.2, 0) is 0 Å². The maximum absolute atomic E-state index is 5.89. The quantitative estimate of drug-likeness (QED) is 0.782. The van der Waals surface area contributed by atoms with E-state index in [1.807, 2.05) is 24.3 Å². The average Bonchev–Trinajstić information content (AvgIpc) is 2.36. The van der Waals surface area contributed by atoms with Gasteiger partial charge in [-0.15, -0.1) is 0 Å². The number of hydrogen-bond acceptors (Lipinski definition) is 3. The average molecular weight is 265 g/mol. The minimum atomic E-state index is 0.0930. The Bertz CT molecular complexity index is 375. The Balaban J connectivity index is 2.45. The second kappa shape index (κ2) is 7.39. The fraction of sp³-hybridized carbons (Fsp3) is 0.625. The summed E-state index contributed by atoms with van der Waals surface area (Å²) in [7, 11) is 1.66. The number of ether oxygens (including phenoxy) is 2. The number of hydrogen-bond donors (Lipinski definition) is 1. The van der Waals surface area contributed by atoms with Crippen LogP contribution in [0.25, 0.3) is 0 Å². The van der Waals surface area contributed by atoms with E-state index in [2.05, 4.69) is 33.0 Å². The summed E-state index contributed by atoms with van der Waals surface area (Å²) < 4.78 is 11.2. The van der Waals surface area contributed by atoms with E-state index >= 15 is 0 Å². The van der Waals surface area contributed by atoms with Gasteiger partial charge in [0.2, 0.25) is 0 Å². The van der Waals surface area contributed by atoms with E-state index in [1.54, 1.807) is 7.11 Å². The van der Waals surface area contributed by atoms with Crippen LogP contribution < -0.4 is 14.8 Å². The summed E-state index contributed by atoms with van der Waals surface area (Å²) in [4.78, 5) is 0. The number of rotatable bonds is 8. The fourth-order valence-corrected chi connectivity index (χ4v) is 1.76. The Labute approximate surface area is 117 Å². The Morgan fingerprint density at radius 2 is 1.79 bits per heavy atom. The third-order valence-electron chi connectivity index (χ3n) is 2.84. The lowest BCUT2D eigenvalue weighted by atomic mass is 9.94. The number of para-hydroxylation sites is 2. The van der Waals surface area contributed by atoms with Crippen LogP contribution in [0.2, 0.25) is 0 Å². The summed E-state index contributed by atoms with van der Waals surface area (Å²) in [6, 6.07) is 7.76. The van der Waals surface area contributed by atoms with Crippen molar-refractivity contribution in [3.8, 4) is 11.5 Å². The zero-order valence-electron chi connectivity index (χ0n) is 12.8. The third-order valence-corrected chi connectivity index (χ3v) is 2.84. The molecule has 0 heterocycles. The van der Waals surface area contributed by atoms with Gasteiger partial charge in [0.25, 0.3) is 0 Å². The highest BCUT2D eigenvalue weighted by Crippen LogP contribution is 2.27. The highest BCUT2D eigenvalue weighted by molar-refractivity contribution is 5.39. The van der Waals surface area contributed by atoms with Crippen LogP contribution in [0, 0.1) is 11.3 Å². The lowest BCUT2D eigenvalue weighted by Gasteiger charge is -2.26. The molecule has 0 spiro atoms. The van der Waals surface area contributed by atoms with Gasteiger partial charge in [-0.3, -0.25) is 0 Å². The first-order valence-electron chi connectivity index (χ1n) is 6.91. The van der Waals surface area contributed by atoms with Gasteiger partial charge in [-0.1, -0.05) is 39.8 Å². The Hall–Kier alpha value is -1.22. The molecule has 1 N–H and O–H groups in total. The van der Waals surface area contributed by atoms with Crippen molar-refractivity contribution in [3.05, 3.63) is 24.3 Å². The number of benzene rings is 1. The highest BCUT2D eigenvalue weighted by atomic mass is 16.5. The van der Waals surface area contributed by atoms with Gasteiger partial charge in [0.1, 0.15) is 0 Å². The molecule has 0 atom stereocenters. The molecule has 0 amide bonds. The zero-order valence-corrected chi connectivity index (χ0v) is 12.8. The van der Waals surface area contributed by atoms with Gasteiger partial charge < -0.3 is 14.8 Å². The molecule has 0 radical (unpaired) electrons. The molecule has 0 aliphatic heterocycles. The van der Waals surface area contributed by atoms with E-state index < -0.39 is 0 Å². The standard InChI is InChI=1S/C16H27NO2/c1-13(2)10-17-11-16(3,4)12-19-15-9-7-6-8-14(15)18-5/h6-9,13,17H,10-12H2,1-5H3. The van der Waals surface area contributed by atoms with Crippen molar-refractivity contribution in [2.45, 2.75) is 27.7 Å². The predicted molar refractivity (Wildman–Crippen MR) is 80.0 cm³/mol. The van der Waals surface area contributed by atoms with Crippen molar-refractivity contribution >= 4 is 0 Å². The number of nitrogens with one attached hydrogen (secondary N) is 1. The lowest BCUT2D eigenvalue weighted by Crippen LogP contribution is -2.35. The van der Waals surface area contributed by atoms with Crippen LogP contribution in [0.5, 0.6) is 11.5 Å². The fourth-order valence-electron chi connectivity index (χ4n) is 1.76. The topological polar surface area (TPSA) is 30.5 Å². The summed E-state index contributed by atoms with van der Waals surface area (Å²) in [6.45, 7) is 11.5. The van der Waals surface area contributed by atoms with Gasteiger partial charge in [0, 0.05) is 12.0 Å². The van der Waals surface area contributed by atoms with E-state index in [1.165, 1.54) is 0 Å². The molecular weight excluding hydrogens is 238 g/mol. The molecule has 1 aromatic rings. The van der Waals surface area contributed by atoms with Crippen LogP contribution in [0.4, 0.5) is 0 Å². The van der Waals surface area contributed by atoms with Crippen LogP contribution in [0.1, 0.15) is 27.7 Å². The van der Waals surface area contributed by atoms with Gasteiger partial charge in [-0.25, -0.2) is 0 Å². The summed E-state index contributed by atoms with van der Waals surface area (Å²) >= 11 is 0. The summed E-state index contributed by atoms with van der Waals surface area (Å²) in [6.07, 6.45) is 0. The summed E-state index contributed by atoms with van der Waals surface area (Å²) in [5.74, 6) is 2.27. The number of methoxy groups -OCH3 is 1. The van der Waals surface area contributed by atoms with Crippen molar-refractivity contribution in [1.29, 1.82) is 0 Å². The van der Waals surface area contributed by atoms with Crippen molar-refractivity contribution in [1.82, 2.24) is 5.32 Å². The summed E-state index contributed by atoms with van der Waals surface area (Å²) in [5, 5.41) is 3.48. The molecule has 0 aliphatic carbocycles. The summed E-state index contributed by atoms with van der Waals surface area (Å²) in [5.41, 5.74) is 0.0930. The molecule has 0 saturated carbocycles. The maximum atomic E-state index is 5.89. The molecule has 108 valence electrons. The van der Waals surface area contributed by atoms with Crippen LogP contribution in [0.15, 0.2) is 24.3 Å². The molecule has 1 aromatic carbocycles. The molecular formula is C16H27NO2. The van der Waals surface area contributed by atoms with E-state index in [9.17, 15) is 0 Å². The first kappa shape index (κ1) is 15.8. The van der Waals surface area contributed by atoms with Gasteiger partial charge in [0.05, 0.1) is 13.7 Å². The minimum absolute atomic E-state index is 0.0930. The SMILES string of the molecule is COc1ccccc1OCC(C)(C)CNCC(C)C. The third kappa shape index (κ3) is 5.97. The predicted octanol–water partition coefficient (Wildman–Crippen LogP) is 3.35. The van der Waals surface area contributed by atoms with Gasteiger partial charge in [0.15, 0.2) is 11.5 Å². The molecule has 1 rings (SSSR count). The van der Waals surface area contributed by atoms with E-state index in [0.717, 1.165) is 24.6 Å². The van der Waals surface area contributed by atoms with Crippen molar-refractivity contribution in [2.75, 3.05) is 26.8 Å². The molecule has 19 heavy (non-hydrogen) atoms. The Morgan fingerprint density at radius 1 is 1.16 bits per heavy atom. The molecule has 3 nitrogen and oxygen atoms in total. The Morgan fingerprint density at radius 3 is 2.37 bits per heavy atom. The van der Waals surface area contributed by atoms with Gasteiger partial charge in [-0.2, -0.15) is 0 Å². The minimum Gasteiger partial charge on any atom is -0.493 e. The van der Waals surface area contributed by atoms with Gasteiger partial charge in [-0.05, 0) is 24.6 Å². The Kier molecular flexibility index (Phi) is 6.16. The first-order chi connectivity index (χ1) is 8.94. The highest BCUT2D eigenvalue weighted by Gasteiger charge is 2.19. The van der Waals surface area contributed by atoms with Crippen LogP contribution in [0.3, 0.4) is 0 Å². The van der Waals surface area contributed by atoms with Crippen molar-refractivity contribution in [2.24, 2.45) is 11.3 Å². The molecule has 0 fully saturated rings. The van der Waals surface area contributed by atoms with E-state index in [0.29, 0.717) is 12.5 Å². The molecule has 0 aromatic heterocycles. The van der Waals surface area contributed by atoms with Crippen molar-refractivity contribution in [3.63, 3.8) is 0 Å². The first-order valence-corrected chi connectivity index (χ1v) is 6.91. The molecule has 0 unspecified atom stereocenters. The zero-order chi connectivity index (χ0) is 14.3. The van der Waals surface area contributed by atoms with Crippen LogP contribution in [-0.4, -0.2) is 26.8 Å². The molecule has 0 aliphatic rings. The molecule has 3 heteroatoms. The molecule has 0 saturated heterocycles. The lowest BCUT2D eigenvalue weighted by molar-refractivity contribution is 0.170. The maximum Gasteiger partial charge on any atom is 0.161 e. The largest absolute Gasteiger partial charge is 0.493 e. The second-order valence-corrected chi connectivity index (χ2v) is 6.13. The van der Waals surface area contributed by atoms with Crippen molar-refractivity contribution < 1.29 is 9.47 Å². The van der Waals surface area contributed by atoms with E-state index in [4.69, 9.17) is 9.47 Å². The smallest absolute Gasteiger partial charge is 0.161 e. The molecule has 0 bridgehead atoms. The van der Waals surface area contributed by atoms with E-state index in [-0.39, 0.29) is 5.41 Å². The van der Waals surface area contributed by atoms with Crippen LogP contribution >= 0.6 is 0 Å². The van der Waals surface area contributed by atoms with Gasteiger partial charge >= 0.3 is 0 Å².